The first-order valence-corrected chi connectivity index (χ1v) is 10.3. The van der Waals surface area contributed by atoms with Gasteiger partial charge in [-0.2, -0.15) is 11.8 Å². The van der Waals surface area contributed by atoms with Gasteiger partial charge < -0.3 is 15.0 Å². The predicted molar refractivity (Wildman–Crippen MR) is 101 cm³/mol. The number of hydrogen-bond donors (Lipinski definition) is 1. The normalized spacial score (nSPS) is 24.4. The topological polar surface area (TPSA) is 79.0 Å². The summed E-state index contributed by atoms with van der Waals surface area (Å²) in [5.41, 5.74) is 0.194. The van der Waals surface area contributed by atoms with E-state index in [4.69, 9.17) is 4.74 Å². The van der Waals surface area contributed by atoms with E-state index < -0.39 is 11.6 Å². The van der Waals surface area contributed by atoms with Gasteiger partial charge in [-0.15, -0.1) is 0 Å². The van der Waals surface area contributed by atoms with Gasteiger partial charge in [0, 0.05) is 18.3 Å². The molecule has 2 saturated heterocycles. The number of benzene rings is 1. The van der Waals surface area contributed by atoms with Crippen molar-refractivity contribution in [2.75, 3.05) is 25.2 Å². The first-order chi connectivity index (χ1) is 13.0. The zero-order valence-corrected chi connectivity index (χ0v) is 16.1. The van der Waals surface area contributed by atoms with Crippen molar-refractivity contribution in [3.8, 4) is 5.75 Å². The van der Waals surface area contributed by atoms with Crippen molar-refractivity contribution in [3.63, 3.8) is 0 Å². The number of rotatable bonds is 6. The van der Waals surface area contributed by atoms with Gasteiger partial charge in [-0.25, -0.2) is 4.79 Å². The highest BCUT2D eigenvalue weighted by molar-refractivity contribution is 7.99. The first-order valence-electron chi connectivity index (χ1n) is 9.17. The Kier molecular flexibility index (Phi) is 4.75. The minimum atomic E-state index is -0.803. The number of carbonyl (C=O) groups excluding carboxylic acids is 3. The second-order valence-corrected chi connectivity index (χ2v) is 8.41. The molecule has 3 aliphatic rings. The van der Waals surface area contributed by atoms with Crippen LogP contribution in [0.25, 0.3) is 0 Å². The van der Waals surface area contributed by atoms with Gasteiger partial charge in [0.1, 0.15) is 17.8 Å². The lowest BCUT2D eigenvalue weighted by Crippen LogP contribution is -2.48. The second kappa shape index (κ2) is 7.07. The molecule has 1 saturated carbocycles. The van der Waals surface area contributed by atoms with Crippen LogP contribution in [-0.4, -0.2) is 64.4 Å². The SMILES string of the molecule is COc1ccc(CN(C(=O)CN2C(=O)NC3(CCSC3)C2=O)C2CC2)cc1. The number of hydrogen-bond acceptors (Lipinski definition) is 5. The number of thioether (sulfide) groups is 1. The number of methoxy groups -OCH3 is 1. The predicted octanol–water partition coefficient (Wildman–Crippen LogP) is 1.61. The number of carbonyl (C=O) groups is 3. The third-order valence-corrected chi connectivity index (χ3v) is 6.57. The summed E-state index contributed by atoms with van der Waals surface area (Å²) in [6.45, 7) is 0.280. The number of ether oxygens (including phenoxy) is 1. The average molecular weight is 389 g/mol. The van der Waals surface area contributed by atoms with Gasteiger partial charge in [-0.3, -0.25) is 14.5 Å². The van der Waals surface area contributed by atoms with E-state index in [0.29, 0.717) is 18.7 Å². The van der Waals surface area contributed by atoms with Crippen molar-refractivity contribution >= 4 is 29.6 Å². The maximum Gasteiger partial charge on any atom is 0.325 e. The lowest BCUT2D eigenvalue weighted by molar-refractivity contribution is -0.139. The molecule has 2 aliphatic heterocycles. The molecule has 1 spiro atoms. The number of urea groups is 1. The van der Waals surface area contributed by atoms with E-state index in [1.807, 2.05) is 24.3 Å². The number of nitrogens with zero attached hydrogens (tertiary/aromatic N) is 2. The highest BCUT2D eigenvalue weighted by Crippen LogP contribution is 2.34. The summed E-state index contributed by atoms with van der Waals surface area (Å²) in [5.74, 6) is 1.76. The van der Waals surface area contributed by atoms with Crippen LogP contribution in [0.4, 0.5) is 4.79 Å². The molecule has 144 valence electrons. The van der Waals surface area contributed by atoms with Crippen LogP contribution in [0.1, 0.15) is 24.8 Å². The Hall–Kier alpha value is -2.22. The lowest BCUT2D eigenvalue weighted by Gasteiger charge is -2.25. The monoisotopic (exact) mass is 389 g/mol. The van der Waals surface area contributed by atoms with E-state index in [0.717, 1.165) is 34.8 Å². The largest absolute Gasteiger partial charge is 0.497 e. The van der Waals surface area contributed by atoms with Crippen LogP contribution >= 0.6 is 11.8 Å². The average Bonchev–Trinajstić information content (AvgIpc) is 3.36. The molecule has 8 heteroatoms. The molecule has 1 atom stereocenters. The third-order valence-electron chi connectivity index (χ3n) is 5.38. The summed E-state index contributed by atoms with van der Waals surface area (Å²) >= 11 is 1.66. The third kappa shape index (κ3) is 3.50. The van der Waals surface area contributed by atoms with E-state index in [1.165, 1.54) is 0 Å². The zero-order chi connectivity index (χ0) is 19.0. The Bertz CT molecular complexity index is 757. The molecule has 4 amide bonds. The summed E-state index contributed by atoms with van der Waals surface area (Å²) < 4.78 is 5.17. The second-order valence-electron chi connectivity index (χ2n) is 7.31. The van der Waals surface area contributed by atoms with Gasteiger partial charge in [0.2, 0.25) is 5.91 Å². The smallest absolute Gasteiger partial charge is 0.325 e. The van der Waals surface area contributed by atoms with Crippen molar-refractivity contribution in [2.24, 2.45) is 0 Å². The molecule has 1 aromatic rings. The zero-order valence-electron chi connectivity index (χ0n) is 15.3. The van der Waals surface area contributed by atoms with Crippen molar-refractivity contribution in [3.05, 3.63) is 29.8 Å². The van der Waals surface area contributed by atoms with Gasteiger partial charge in [0.25, 0.3) is 5.91 Å². The molecule has 4 rings (SSSR count). The van der Waals surface area contributed by atoms with Gasteiger partial charge in [0.05, 0.1) is 7.11 Å². The van der Waals surface area contributed by atoms with E-state index in [-0.39, 0.29) is 24.4 Å². The fraction of sp³-hybridized carbons (Fsp3) is 0.526. The van der Waals surface area contributed by atoms with E-state index in [2.05, 4.69) is 5.32 Å². The minimum Gasteiger partial charge on any atom is -0.497 e. The quantitative estimate of drug-likeness (QED) is 0.748. The standard InChI is InChI=1S/C19H23N3O4S/c1-26-15-6-2-13(3-7-15)10-21(14-4-5-14)16(23)11-22-17(24)19(20-18(22)25)8-9-27-12-19/h2-3,6-7,14H,4-5,8-12H2,1H3,(H,20,25). The minimum absolute atomic E-state index is 0.181. The molecular formula is C19H23N3O4S. The highest BCUT2D eigenvalue weighted by Gasteiger charge is 2.53. The van der Waals surface area contributed by atoms with Gasteiger partial charge in [-0.1, -0.05) is 12.1 Å². The molecule has 1 N–H and O–H groups in total. The fourth-order valence-corrected chi connectivity index (χ4v) is 4.94. The van der Waals surface area contributed by atoms with Crippen LogP contribution in [0.5, 0.6) is 5.75 Å². The summed E-state index contributed by atoms with van der Waals surface area (Å²) in [5, 5.41) is 2.81. The maximum atomic E-state index is 12.9. The summed E-state index contributed by atoms with van der Waals surface area (Å²) in [6, 6.07) is 7.33. The Morgan fingerprint density at radius 1 is 1.33 bits per heavy atom. The molecule has 27 heavy (non-hydrogen) atoms. The van der Waals surface area contributed by atoms with Crippen molar-refractivity contribution in [1.29, 1.82) is 0 Å². The lowest BCUT2D eigenvalue weighted by atomic mass is 9.99. The molecule has 1 aliphatic carbocycles. The van der Waals surface area contributed by atoms with Crippen LogP contribution in [0.3, 0.4) is 0 Å². The van der Waals surface area contributed by atoms with Crippen LogP contribution < -0.4 is 10.1 Å². The molecule has 0 aromatic heterocycles. The molecule has 1 unspecified atom stereocenters. The summed E-state index contributed by atoms with van der Waals surface area (Å²) in [4.78, 5) is 40.9. The molecule has 0 radical (unpaired) electrons. The van der Waals surface area contributed by atoms with Crippen LogP contribution in [0.2, 0.25) is 0 Å². The fourth-order valence-electron chi connectivity index (χ4n) is 3.61. The molecule has 2 heterocycles. The van der Waals surface area contributed by atoms with Gasteiger partial charge in [-0.05, 0) is 42.7 Å². The Labute approximate surface area is 162 Å². The van der Waals surface area contributed by atoms with E-state index >= 15 is 0 Å². The van der Waals surface area contributed by atoms with Crippen LogP contribution in [0, 0.1) is 0 Å². The first kappa shape index (κ1) is 18.2. The van der Waals surface area contributed by atoms with Crippen molar-refractivity contribution < 1.29 is 19.1 Å². The van der Waals surface area contributed by atoms with Gasteiger partial charge >= 0.3 is 6.03 Å². The molecule has 0 bridgehead atoms. The number of imide groups is 1. The van der Waals surface area contributed by atoms with E-state index in [9.17, 15) is 14.4 Å². The molecule has 7 nitrogen and oxygen atoms in total. The Balaban J connectivity index is 1.45. The van der Waals surface area contributed by atoms with Crippen molar-refractivity contribution in [1.82, 2.24) is 15.1 Å². The molecule has 1 aromatic carbocycles. The van der Waals surface area contributed by atoms with Crippen LogP contribution in [-0.2, 0) is 16.1 Å². The molecular weight excluding hydrogens is 366 g/mol. The maximum absolute atomic E-state index is 12.9. The Morgan fingerprint density at radius 2 is 2.07 bits per heavy atom. The number of amides is 4. The summed E-state index contributed by atoms with van der Waals surface area (Å²) in [7, 11) is 1.61. The molecule has 3 fully saturated rings. The van der Waals surface area contributed by atoms with Gasteiger partial charge in [0.15, 0.2) is 0 Å². The highest BCUT2D eigenvalue weighted by atomic mass is 32.2. The van der Waals surface area contributed by atoms with Crippen LogP contribution in [0.15, 0.2) is 24.3 Å². The van der Waals surface area contributed by atoms with Crippen molar-refractivity contribution in [2.45, 2.75) is 37.4 Å². The summed E-state index contributed by atoms with van der Waals surface area (Å²) in [6.07, 6.45) is 2.55. The number of nitrogens with one attached hydrogen (secondary N) is 1. The van der Waals surface area contributed by atoms with E-state index in [1.54, 1.807) is 23.8 Å². The Morgan fingerprint density at radius 3 is 2.67 bits per heavy atom.